The molecule has 0 aliphatic heterocycles. The van der Waals surface area contributed by atoms with Gasteiger partial charge in [0.1, 0.15) is 0 Å². The molecule has 0 aromatic heterocycles. The Kier molecular flexibility index (Phi) is 6.88. The van der Waals surface area contributed by atoms with Crippen molar-refractivity contribution >= 4 is 23.3 Å². The maximum Gasteiger partial charge on any atom is 0.306 e. The zero-order valence-electron chi connectivity index (χ0n) is 16.2. The molecule has 1 amide bonds. The number of nitrogens with one attached hydrogen (secondary N) is 1. The number of carbonyl (C=O) groups is 3. The number of ketones is 1. The number of hydrogen-bond acceptors (Lipinski definition) is 4. The van der Waals surface area contributed by atoms with Gasteiger partial charge in [-0.05, 0) is 68.1 Å². The summed E-state index contributed by atoms with van der Waals surface area (Å²) in [4.78, 5) is 35.9. The first-order valence-corrected chi connectivity index (χ1v) is 8.89. The minimum absolute atomic E-state index is 0.00356. The normalized spacial score (nSPS) is 10.4. The third kappa shape index (κ3) is 6.06. The molecule has 1 N–H and O–H groups in total. The molecule has 0 spiro atoms. The Bertz CT molecular complexity index is 871. The number of aryl methyl sites for hydroxylation is 4. The standard InChI is InChI=1S/C22H25NO4/c1-14-5-7-18(11-16(14)3)20(24)13-27-22(26)10-9-21(25)23-19-8-6-15(2)17(4)12-19/h5-8,11-12H,9-10,13H2,1-4H3,(H,23,25). The second-order valence-corrected chi connectivity index (χ2v) is 6.73. The fraction of sp³-hybridized carbons (Fsp3) is 0.318. The van der Waals surface area contributed by atoms with Crippen LogP contribution in [0.5, 0.6) is 0 Å². The van der Waals surface area contributed by atoms with Crippen molar-refractivity contribution in [2.24, 2.45) is 0 Å². The Hall–Kier alpha value is -2.95. The highest BCUT2D eigenvalue weighted by atomic mass is 16.5. The topological polar surface area (TPSA) is 72.5 Å². The lowest BCUT2D eigenvalue weighted by Crippen LogP contribution is -2.17. The maximum atomic E-state index is 12.1. The van der Waals surface area contributed by atoms with Crippen LogP contribution in [0, 0.1) is 27.7 Å². The number of anilines is 1. The minimum atomic E-state index is -0.567. The lowest BCUT2D eigenvalue weighted by atomic mass is 10.0. The van der Waals surface area contributed by atoms with Gasteiger partial charge in [0.2, 0.25) is 5.91 Å². The average Bonchev–Trinajstić information content (AvgIpc) is 2.63. The summed E-state index contributed by atoms with van der Waals surface area (Å²) in [6, 6.07) is 11.0. The smallest absolute Gasteiger partial charge is 0.306 e. The molecule has 0 aliphatic carbocycles. The van der Waals surface area contributed by atoms with Gasteiger partial charge in [-0.25, -0.2) is 0 Å². The van der Waals surface area contributed by atoms with E-state index in [4.69, 9.17) is 4.74 Å². The number of esters is 1. The van der Waals surface area contributed by atoms with E-state index in [1.165, 1.54) is 0 Å². The van der Waals surface area contributed by atoms with Gasteiger partial charge in [0, 0.05) is 17.7 Å². The van der Waals surface area contributed by atoms with Crippen LogP contribution in [0.3, 0.4) is 0 Å². The fourth-order valence-electron chi connectivity index (χ4n) is 2.47. The number of rotatable bonds is 7. The molecular weight excluding hydrogens is 342 g/mol. The van der Waals surface area contributed by atoms with E-state index in [0.717, 1.165) is 22.3 Å². The van der Waals surface area contributed by atoms with Gasteiger partial charge in [-0.3, -0.25) is 14.4 Å². The number of carbonyl (C=O) groups excluding carboxylic acids is 3. The van der Waals surface area contributed by atoms with Crippen LogP contribution >= 0.6 is 0 Å². The molecule has 0 bridgehead atoms. The van der Waals surface area contributed by atoms with Gasteiger partial charge in [-0.15, -0.1) is 0 Å². The second-order valence-electron chi connectivity index (χ2n) is 6.73. The van der Waals surface area contributed by atoms with Crippen molar-refractivity contribution in [2.75, 3.05) is 11.9 Å². The van der Waals surface area contributed by atoms with Crippen LogP contribution in [0.2, 0.25) is 0 Å². The molecule has 5 nitrogen and oxygen atoms in total. The molecule has 5 heteroatoms. The van der Waals surface area contributed by atoms with Gasteiger partial charge in [0.25, 0.3) is 0 Å². The van der Waals surface area contributed by atoms with Crippen LogP contribution in [0.25, 0.3) is 0 Å². The largest absolute Gasteiger partial charge is 0.457 e. The Morgan fingerprint density at radius 3 is 2.07 bits per heavy atom. The number of Topliss-reactive ketones (excluding diaryl/α,β-unsaturated/α-hetero) is 1. The predicted molar refractivity (Wildman–Crippen MR) is 105 cm³/mol. The first kappa shape index (κ1) is 20.4. The monoisotopic (exact) mass is 367 g/mol. The van der Waals surface area contributed by atoms with Crippen LogP contribution in [0.15, 0.2) is 36.4 Å². The van der Waals surface area contributed by atoms with Crippen LogP contribution in [0.1, 0.15) is 45.5 Å². The summed E-state index contributed by atoms with van der Waals surface area (Å²) >= 11 is 0. The second kappa shape index (κ2) is 9.12. The fourth-order valence-corrected chi connectivity index (χ4v) is 2.47. The lowest BCUT2D eigenvalue weighted by Gasteiger charge is -2.08. The van der Waals surface area contributed by atoms with Crippen LogP contribution in [-0.4, -0.2) is 24.3 Å². The van der Waals surface area contributed by atoms with E-state index in [1.54, 1.807) is 12.1 Å². The average molecular weight is 367 g/mol. The van der Waals surface area contributed by atoms with Gasteiger partial charge < -0.3 is 10.1 Å². The van der Waals surface area contributed by atoms with Crippen molar-refractivity contribution in [1.82, 2.24) is 0 Å². The molecule has 2 aromatic rings. The molecular formula is C22H25NO4. The molecule has 2 rings (SSSR count). The highest BCUT2D eigenvalue weighted by Gasteiger charge is 2.13. The van der Waals surface area contributed by atoms with E-state index < -0.39 is 5.97 Å². The highest BCUT2D eigenvalue weighted by molar-refractivity contribution is 5.98. The predicted octanol–water partition coefficient (Wildman–Crippen LogP) is 4.07. The molecule has 0 heterocycles. The number of hydrogen-bond donors (Lipinski definition) is 1. The van der Waals surface area contributed by atoms with E-state index in [1.807, 2.05) is 52.0 Å². The van der Waals surface area contributed by atoms with Crippen molar-refractivity contribution in [3.8, 4) is 0 Å². The van der Waals surface area contributed by atoms with Gasteiger partial charge in [-0.2, -0.15) is 0 Å². The molecule has 0 saturated heterocycles. The van der Waals surface area contributed by atoms with E-state index in [-0.39, 0.29) is 31.1 Å². The van der Waals surface area contributed by atoms with Crippen molar-refractivity contribution in [1.29, 1.82) is 0 Å². The van der Waals surface area contributed by atoms with Crippen LogP contribution in [0.4, 0.5) is 5.69 Å². The summed E-state index contributed by atoms with van der Waals surface area (Å²) in [5.74, 6) is -1.09. The summed E-state index contributed by atoms with van der Waals surface area (Å²) in [5, 5.41) is 2.75. The third-order valence-corrected chi connectivity index (χ3v) is 4.54. The van der Waals surface area contributed by atoms with Crippen molar-refractivity contribution in [2.45, 2.75) is 40.5 Å². The highest BCUT2D eigenvalue weighted by Crippen LogP contribution is 2.15. The summed E-state index contributed by atoms with van der Waals surface area (Å²) < 4.78 is 5.00. The van der Waals surface area contributed by atoms with Gasteiger partial charge in [0.05, 0.1) is 6.42 Å². The molecule has 0 atom stereocenters. The van der Waals surface area contributed by atoms with Crippen molar-refractivity contribution < 1.29 is 19.1 Å². The summed E-state index contributed by atoms with van der Waals surface area (Å²) in [6.45, 7) is 7.53. The zero-order chi connectivity index (χ0) is 20.0. The molecule has 0 radical (unpaired) electrons. The number of ether oxygens (including phenoxy) is 1. The zero-order valence-corrected chi connectivity index (χ0v) is 16.2. The first-order valence-electron chi connectivity index (χ1n) is 8.89. The number of amides is 1. The number of benzene rings is 2. The summed E-state index contributed by atoms with van der Waals surface area (Å²) in [6.07, 6.45) is -0.0690. The quantitative estimate of drug-likeness (QED) is 0.591. The third-order valence-electron chi connectivity index (χ3n) is 4.54. The molecule has 2 aromatic carbocycles. The molecule has 0 aliphatic rings. The van der Waals surface area contributed by atoms with E-state index in [2.05, 4.69) is 5.32 Å². The van der Waals surface area contributed by atoms with E-state index in [0.29, 0.717) is 11.3 Å². The SMILES string of the molecule is Cc1ccc(NC(=O)CCC(=O)OCC(=O)c2ccc(C)c(C)c2)cc1C. The molecule has 0 saturated carbocycles. The van der Waals surface area contributed by atoms with E-state index in [9.17, 15) is 14.4 Å². The van der Waals surface area contributed by atoms with Crippen molar-refractivity contribution in [3.63, 3.8) is 0 Å². The Morgan fingerprint density at radius 2 is 1.44 bits per heavy atom. The van der Waals surface area contributed by atoms with Crippen LogP contribution < -0.4 is 5.32 Å². The first-order chi connectivity index (χ1) is 12.8. The van der Waals surface area contributed by atoms with Gasteiger partial charge in [-0.1, -0.05) is 18.2 Å². The Morgan fingerprint density at radius 1 is 0.815 bits per heavy atom. The van der Waals surface area contributed by atoms with Gasteiger partial charge >= 0.3 is 5.97 Å². The maximum absolute atomic E-state index is 12.1. The van der Waals surface area contributed by atoms with Crippen LogP contribution in [-0.2, 0) is 14.3 Å². The van der Waals surface area contributed by atoms with Gasteiger partial charge in [0.15, 0.2) is 12.4 Å². The molecule has 0 unspecified atom stereocenters. The molecule has 0 fully saturated rings. The van der Waals surface area contributed by atoms with Crippen molar-refractivity contribution in [3.05, 3.63) is 64.2 Å². The Balaban J connectivity index is 1.76. The lowest BCUT2D eigenvalue weighted by molar-refractivity contribution is -0.143. The summed E-state index contributed by atoms with van der Waals surface area (Å²) in [5.41, 5.74) is 5.54. The Labute approximate surface area is 159 Å². The summed E-state index contributed by atoms with van der Waals surface area (Å²) in [7, 11) is 0. The van der Waals surface area contributed by atoms with E-state index >= 15 is 0 Å². The molecule has 142 valence electrons. The molecule has 27 heavy (non-hydrogen) atoms. The minimum Gasteiger partial charge on any atom is -0.457 e.